The molecule has 0 bridgehead atoms. The third-order valence-corrected chi connectivity index (χ3v) is 2.58. The summed E-state index contributed by atoms with van der Waals surface area (Å²) in [7, 11) is 1.52. The van der Waals surface area contributed by atoms with Crippen LogP contribution in [0.15, 0.2) is 15.8 Å². The van der Waals surface area contributed by atoms with Gasteiger partial charge in [0.2, 0.25) is 0 Å². The lowest BCUT2D eigenvalue weighted by atomic mass is 10.4. The Labute approximate surface area is 98.3 Å². The predicted octanol–water partition coefficient (Wildman–Crippen LogP) is -0.374. The van der Waals surface area contributed by atoms with Crippen LogP contribution in [0.4, 0.5) is 0 Å². The Hall–Kier alpha value is -1.12. The summed E-state index contributed by atoms with van der Waals surface area (Å²) in [6.07, 6.45) is 1.18. The summed E-state index contributed by atoms with van der Waals surface area (Å²) in [6.45, 7) is -0.0995. The van der Waals surface area contributed by atoms with E-state index >= 15 is 0 Å². The Bertz CT molecular complexity index is 468. The Morgan fingerprint density at radius 3 is 2.67 bits per heavy atom. The highest BCUT2D eigenvalue weighted by Gasteiger charge is 2.08. The van der Waals surface area contributed by atoms with Gasteiger partial charge in [-0.15, -0.1) is 0 Å². The smallest absolute Gasteiger partial charge is 0.330 e. The fraction of sp³-hybridized carbons (Fsp3) is 0.375. The van der Waals surface area contributed by atoms with Gasteiger partial charge in [0.15, 0.2) is 0 Å². The maximum atomic E-state index is 11.5. The summed E-state index contributed by atoms with van der Waals surface area (Å²) in [6, 6.07) is 0. The van der Waals surface area contributed by atoms with Crippen molar-refractivity contribution >= 4 is 28.6 Å². The third kappa shape index (κ3) is 2.67. The minimum atomic E-state index is -1.04. The third-order valence-electron chi connectivity index (χ3n) is 1.84. The van der Waals surface area contributed by atoms with E-state index in [-0.39, 0.29) is 13.0 Å². The molecule has 0 fully saturated rings. The van der Waals surface area contributed by atoms with Crippen molar-refractivity contribution in [2.24, 2.45) is 7.05 Å². The molecule has 1 heterocycles. The lowest BCUT2D eigenvalue weighted by Crippen LogP contribution is -2.40. The van der Waals surface area contributed by atoms with Gasteiger partial charge in [0.05, 0.1) is 9.99 Å². The fourth-order valence-corrected chi connectivity index (χ4v) is 1.80. The monoisotopic (exact) mass is 324 g/mol. The molecule has 0 spiro atoms. The van der Waals surface area contributed by atoms with Crippen molar-refractivity contribution in [3.63, 3.8) is 0 Å². The molecule has 0 unspecified atom stereocenters. The quantitative estimate of drug-likeness (QED) is 0.769. The number of carboxylic acid groups (broad SMARTS) is 1. The zero-order valence-electron chi connectivity index (χ0n) is 7.94. The second kappa shape index (κ2) is 4.60. The van der Waals surface area contributed by atoms with Crippen LogP contribution in [0.2, 0.25) is 0 Å². The largest absolute Gasteiger partial charge is 0.481 e. The molecule has 15 heavy (non-hydrogen) atoms. The fourth-order valence-electron chi connectivity index (χ4n) is 1.09. The summed E-state index contributed by atoms with van der Waals surface area (Å²) in [5, 5.41) is 8.47. The molecule has 0 aromatic carbocycles. The van der Waals surface area contributed by atoms with Crippen LogP contribution in [-0.2, 0) is 18.4 Å². The second-order valence-electron chi connectivity index (χ2n) is 2.97. The van der Waals surface area contributed by atoms with Crippen molar-refractivity contribution in [3.05, 3.63) is 30.6 Å². The first-order chi connectivity index (χ1) is 6.93. The van der Waals surface area contributed by atoms with Gasteiger partial charge in [0.25, 0.3) is 5.56 Å². The van der Waals surface area contributed by atoms with Crippen LogP contribution in [0.5, 0.6) is 0 Å². The zero-order chi connectivity index (χ0) is 11.6. The van der Waals surface area contributed by atoms with Gasteiger partial charge >= 0.3 is 11.7 Å². The van der Waals surface area contributed by atoms with Gasteiger partial charge in [0, 0.05) is 19.8 Å². The minimum absolute atomic E-state index is 0.0995. The highest BCUT2D eigenvalue weighted by Crippen LogP contribution is 1.93. The van der Waals surface area contributed by atoms with Crippen molar-refractivity contribution in [2.45, 2.75) is 13.0 Å². The Balaban J connectivity index is 3.22. The summed E-state index contributed by atoms with van der Waals surface area (Å²) in [5.74, 6) is -1.04. The number of aliphatic carboxylic acids is 1. The zero-order valence-corrected chi connectivity index (χ0v) is 10.1. The van der Waals surface area contributed by atoms with E-state index in [1.807, 2.05) is 22.6 Å². The molecule has 1 aromatic rings. The summed E-state index contributed by atoms with van der Waals surface area (Å²) in [4.78, 5) is 33.3. The SMILES string of the molecule is Cn1cc(I)c(=O)n(CCC(=O)O)c1=O. The molecular weight excluding hydrogens is 315 g/mol. The molecule has 7 heteroatoms. The van der Waals surface area contributed by atoms with E-state index < -0.39 is 17.2 Å². The van der Waals surface area contributed by atoms with Gasteiger partial charge in [-0.2, -0.15) is 0 Å². The van der Waals surface area contributed by atoms with Crippen molar-refractivity contribution in [1.82, 2.24) is 9.13 Å². The normalized spacial score (nSPS) is 10.3. The van der Waals surface area contributed by atoms with Crippen LogP contribution >= 0.6 is 22.6 Å². The maximum absolute atomic E-state index is 11.5. The van der Waals surface area contributed by atoms with Crippen LogP contribution in [0.1, 0.15) is 6.42 Å². The number of hydrogen-bond acceptors (Lipinski definition) is 3. The molecule has 0 atom stereocenters. The van der Waals surface area contributed by atoms with E-state index in [0.29, 0.717) is 3.57 Å². The standard InChI is InChI=1S/C8H9IN2O4/c1-10-4-5(9)7(14)11(8(10)15)3-2-6(12)13/h4H,2-3H2,1H3,(H,12,13). The van der Waals surface area contributed by atoms with Gasteiger partial charge in [0.1, 0.15) is 0 Å². The van der Waals surface area contributed by atoms with Crippen LogP contribution < -0.4 is 11.2 Å². The average molecular weight is 324 g/mol. The molecule has 0 aliphatic heterocycles. The number of aromatic nitrogens is 2. The van der Waals surface area contributed by atoms with E-state index in [1.165, 1.54) is 17.8 Å². The highest BCUT2D eigenvalue weighted by molar-refractivity contribution is 14.1. The molecule has 0 radical (unpaired) electrons. The molecule has 0 saturated heterocycles. The predicted molar refractivity (Wildman–Crippen MR) is 60.9 cm³/mol. The first kappa shape index (κ1) is 12.0. The molecule has 0 saturated carbocycles. The molecule has 0 amide bonds. The van der Waals surface area contributed by atoms with E-state index in [9.17, 15) is 14.4 Å². The Morgan fingerprint density at radius 1 is 1.53 bits per heavy atom. The Morgan fingerprint density at radius 2 is 2.13 bits per heavy atom. The number of carbonyl (C=O) groups is 1. The summed E-state index contributed by atoms with van der Waals surface area (Å²) in [5.41, 5.74) is -0.943. The minimum Gasteiger partial charge on any atom is -0.481 e. The van der Waals surface area contributed by atoms with Crippen molar-refractivity contribution in [3.8, 4) is 0 Å². The van der Waals surface area contributed by atoms with Gasteiger partial charge < -0.3 is 9.67 Å². The molecule has 6 nitrogen and oxygen atoms in total. The molecular formula is C8H9IN2O4. The lowest BCUT2D eigenvalue weighted by molar-refractivity contribution is -0.137. The molecule has 82 valence electrons. The topological polar surface area (TPSA) is 81.3 Å². The molecule has 1 rings (SSSR count). The highest BCUT2D eigenvalue weighted by atomic mass is 127. The first-order valence-corrected chi connectivity index (χ1v) is 5.19. The first-order valence-electron chi connectivity index (χ1n) is 4.11. The van der Waals surface area contributed by atoms with E-state index in [0.717, 1.165) is 4.57 Å². The lowest BCUT2D eigenvalue weighted by Gasteiger charge is -2.05. The summed E-state index contributed by atoms with van der Waals surface area (Å²) < 4.78 is 2.57. The van der Waals surface area contributed by atoms with Crippen molar-refractivity contribution in [2.75, 3.05) is 0 Å². The average Bonchev–Trinajstić information content (AvgIpc) is 2.14. The van der Waals surface area contributed by atoms with Crippen LogP contribution in [0, 0.1) is 3.57 Å². The summed E-state index contributed by atoms with van der Waals surface area (Å²) >= 11 is 1.81. The second-order valence-corrected chi connectivity index (χ2v) is 4.13. The van der Waals surface area contributed by atoms with Gasteiger partial charge in [-0.1, -0.05) is 0 Å². The van der Waals surface area contributed by atoms with E-state index in [4.69, 9.17) is 5.11 Å². The molecule has 1 aromatic heterocycles. The van der Waals surface area contributed by atoms with Crippen LogP contribution in [0.3, 0.4) is 0 Å². The van der Waals surface area contributed by atoms with Crippen LogP contribution in [-0.4, -0.2) is 20.2 Å². The number of hydrogen-bond donors (Lipinski definition) is 1. The van der Waals surface area contributed by atoms with Gasteiger partial charge in [-0.25, -0.2) is 4.79 Å². The van der Waals surface area contributed by atoms with Crippen LogP contribution in [0.25, 0.3) is 0 Å². The number of aryl methyl sites for hydroxylation is 1. The molecule has 0 aliphatic rings. The van der Waals surface area contributed by atoms with E-state index in [2.05, 4.69) is 0 Å². The van der Waals surface area contributed by atoms with E-state index in [1.54, 1.807) is 0 Å². The van der Waals surface area contributed by atoms with Crippen molar-refractivity contribution < 1.29 is 9.90 Å². The number of carboxylic acids is 1. The number of rotatable bonds is 3. The van der Waals surface area contributed by atoms with Gasteiger partial charge in [-0.05, 0) is 22.6 Å². The van der Waals surface area contributed by atoms with Crippen molar-refractivity contribution in [1.29, 1.82) is 0 Å². The Kier molecular flexibility index (Phi) is 3.66. The maximum Gasteiger partial charge on any atom is 0.330 e. The molecule has 0 aliphatic carbocycles. The number of halogens is 1. The number of nitrogens with zero attached hydrogens (tertiary/aromatic N) is 2. The molecule has 1 N–H and O–H groups in total. The van der Waals surface area contributed by atoms with Gasteiger partial charge in [-0.3, -0.25) is 14.2 Å².